The summed E-state index contributed by atoms with van der Waals surface area (Å²) in [5.74, 6) is -1.95. The van der Waals surface area contributed by atoms with Gasteiger partial charge in [0.15, 0.2) is 11.4 Å². The topological polar surface area (TPSA) is 126 Å². The molecule has 2 aliphatic rings. The van der Waals surface area contributed by atoms with Crippen molar-refractivity contribution in [2.75, 3.05) is 37.4 Å². The third-order valence-electron chi connectivity index (χ3n) is 7.43. The minimum atomic E-state index is -1.44. The first kappa shape index (κ1) is 30.0. The molecule has 0 radical (unpaired) electrons. The number of nitrogens with one attached hydrogen (secondary N) is 3. The first-order valence-electron chi connectivity index (χ1n) is 13.7. The van der Waals surface area contributed by atoms with Crippen molar-refractivity contribution < 1.29 is 33.0 Å². The second-order valence-electron chi connectivity index (χ2n) is 10.4. The lowest BCUT2D eigenvalue weighted by Crippen LogP contribution is -2.57. The zero-order valence-corrected chi connectivity index (χ0v) is 24.1. The average molecular weight is 609 g/mol. The molecule has 1 saturated heterocycles. The van der Waals surface area contributed by atoms with E-state index >= 15 is 4.39 Å². The number of benzene rings is 3. The van der Waals surface area contributed by atoms with Crippen molar-refractivity contribution in [2.24, 2.45) is 0 Å². The van der Waals surface area contributed by atoms with Crippen molar-refractivity contribution in [3.63, 3.8) is 0 Å². The summed E-state index contributed by atoms with van der Waals surface area (Å²) in [7, 11) is 1.41. The normalized spacial score (nSPS) is 18.2. The van der Waals surface area contributed by atoms with Gasteiger partial charge in [-0.1, -0.05) is 41.9 Å². The van der Waals surface area contributed by atoms with Crippen molar-refractivity contribution >= 4 is 46.8 Å². The molecule has 12 heteroatoms. The molecule has 43 heavy (non-hydrogen) atoms. The van der Waals surface area contributed by atoms with Crippen LogP contribution >= 0.6 is 11.6 Å². The summed E-state index contributed by atoms with van der Waals surface area (Å²) in [6.07, 6.45) is 0.155. The zero-order valence-electron chi connectivity index (χ0n) is 23.3. The maximum Gasteiger partial charge on any atom is 0.412 e. The number of hydrogen-bond acceptors (Lipinski definition) is 6. The molecule has 3 aromatic rings. The fraction of sp³-hybridized carbons (Fsp3) is 0.290. The summed E-state index contributed by atoms with van der Waals surface area (Å²) in [6, 6.07) is 17.3. The molecule has 1 fully saturated rings. The van der Waals surface area contributed by atoms with Gasteiger partial charge in [0, 0.05) is 31.3 Å². The first-order chi connectivity index (χ1) is 20.7. The average Bonchev–Trinajstić information content (AvgIpc) is 2.99. The number of rotatable bonds is 8. The van der Waals surface area contributed by atoms with Gasteiger partial charge < -0.3 is 25.0 Å². The Hall–Kier alpha value is -4.48. The second kappa shape index (κ2) is 12.8. The Labute approximate surface area is 252 Å². The van der Waals surface area contributed by atoms with E-state index in [4.69, 9.17) is 21.1 Å². The number of methoxy groups -OCH3 is 1. The lowest BCUT2D eigenvalue weighted by molar-refractivity contribution is -0.141. The van der Waals surface area contributed by atoms with Gasteiger partial charge in [-0.3, -0.25) is 19.7 Å². The number of halogens is 2. The Balaban J connectivity index is 1.39. The molecular weight excluding hydrogens is 579 g/mol. The van der Waals surface area contributed by atoms with Gasteiger partial charge >= 0.3 is 6.09 Å². The predicted molar refractivity (Wildman–Crippen MR) is 157 cm³/mol. The molecule has 3 aromatic carbocycles. The van der Waals surface area contributed by atoms with Crippen LogP contribution in [0.4, 0.5) is 20.6 Å². The zero-order chi connectivity index (χ0) is 30.6. The SMILES string of the molecule is COCC(=O)Nc1ccc(C(=O)N[C@@H](Cc2ccccc2)C(=O)N2CCC[C@@]3(C2)OC(=O)Nc2ccc(Cl)c(F)c23)cc1. The Kier molecular flexibility index (Phi) is 8.93. The van der Waals surface area contributed by atoms with Gasteiger partial charge in [0.1, 0.15) is 12.6 Å². The summed E-state index contributed by atoms with van der Waals surface area (Å²) in [5, 5.41) is 7.89. The van der Waals surface area contributed by atoms with E-state index in [1.807, 2.05) is 30.3 Å². The maximum absolute atomic E-state index is 15.4. The number of hydrogen-bond donors (Lipinski definition) is 3. The number of carbonyl (C=O) groups excluding carboxylic acids is 4. The van der Waals surface area contributed by atoms with Gasteiger partial charge in [-0.05, 0) is 54.8 Å². The van der Waals surface area contributed by atoms with Gasteiger partial charge in [0.25, 0.3) is 5.91 Å². The predicted octanol–water partition coefficient (Wildman–Crippen LogP) is 4.49. The highest BCUT2D eigenvalue weighted by Crippen LogP contribution is 2.45. The van der Waals surface area contributed by atoms with Crippen LogP contribution in [0.2, 0.25) is 5.02 Å². The number of nitrogens with zero attached hydrogens (tertiary/aromatic N) is 1. The molecule has 10 nitrogen and oxygen atoms in total. The number of piperidine rings is 1. The van der Waals surface area contributed by atoms with Crippen LogP contribution in [0, 0.1) is 5.82 Å². The van der Waals surface area contributed by atoms with Crippen LogP contribution in [-0.4, -0.2) is 61.6 Å². The Morgan fingerprint density at radius 2 is 1.86 bits per heavy atom. The molecule has 5 rings (SSSR count). The van der Waals surface area contributed by atoms with E-state index in [2.05, 4.69) is 16.0 Å². The first-order valence-corrected chi connectivity index (χ1v) is 14.1. The number of anilines is 2. The minimum absolute atomic E-state index is 0.0958. The summed E-state index contributed by atoms with van der Waals surface area (Å²) in [6.45, 7) is 0.102. The van der Waals surface area contributed by atoms with Gasteiger partial charge in [-0.25, -0.2) is 9.18 Å². The van der Waals surface area contributed by atoms with Gasteiger partial charge in [0.2, 0.25) is 11.8 Å². The van der Waals surface area contributed by atoms with Gasteiger partial charge in [-0.2, -0.15) is 0 Å². The van der Waals surface area contributed by atoms with Crippen LogP contribution in [0.15, 0.2) is 66.7 Å². The van der Waals surface area contributed by atoms with E-state index in [1.54, 1.807) is 12.1 Å². The number of likely N-dealkylation sites (tertiary alicyclic amines) is 1. The highest BCUT2D eigenvalue weighted by Gasteiger charge is 2.49. The lowest BCUT2D eigenvalue weighted by atomic mass is 9.82. The fourth-order valence-electron chi connectivity index (χ4n) is 5.51. The third-order valence-corrected chi connectivity index (χ3v) is 7.73. The molecule has 1 spiro atoms. The molecule has 2 aliphatic heterocycles. The molecular formula is C31H30ClFN4O6. The van der Waals surface area contributed by atoms with E-state index in [9.17, 15) is 19.2 Å². The molecule has 0 unspecified atom stereocenters. The third kappa shape index (κ3) is 6.63. The standard InChI is InChI=1S/C31H30ClFN4O6/c1-42-17-25(38)34-21-10-8-20(9-11-21)28(39)35-24(16-19-6-3-2-4-7-19)29(40)37-15-5-14-31(18-37)26-23(36-30(41)43-31)13-12-22(32)27(26)33/h2-4,6-13,24H,5,14-18H2,1H3,(H,34,38)(H,35,39)(H,36,41)/t24-,31-/m0/s1. The Morgan fingerprint density at radius 3 is 2.58 bits per heavy atom. The van der Waals surface area contributed by atoms with Crippen molar-refractivity contribution in [3.8, 4) is 0 Å². The second-order valence-corrected chi connectivity index (χ2v) is 10.8. The van der Waals surface area contributed by atoms with Crippen LogP contribution in [0.25, 0.3) is 0 Å². The molecule has 0 bridgehead atoms. The van der Waals surface area contributed by atoms with E-state index < -0.39 is 35.4 Å². The van der Waals surface area contributed by atoms with Crippen molar-refractivity contribution in [2.45, 2.75) is 30.9 Å². The fourth-order valence-corrected chi connectivity index (χ4v) is 5.66. The summed E-state index contributed by atoms with van der Waals surface area (Å²) in [4.78, 5) is 53.1. The Morgan fingerprint density at radius 1 is 1.12 bits per heavy atom. The molecule has 0 saturated carbocycles. The van der Waals surface area contributed by atoms with Crippen molar-refractivity contribution in [1.29, 1.82) is 0 Å². The van der Waals surface area contributed by atoms with E-state index in [0.717, 1.165) is 5.56 Å². The summed E-state index contributed by atoms with van der Waals surface area (Å²) in [5.41, 5.74) is 0.481. The summed E-state index contributed by atoms with van der Waals surface area (Å²) >= 11 is 6.09. The number of ether oxygens (including phenoxy) is 2. The number of fused-ring (bicyclic) bond motifs is 2. The molecule has 2 heterocycles. The molecule has 4 amide bonds. The van der Waals surface area contributed by atoms with E-state index in [-0.39, 0.29) is 53.7 Å². The molecule has 2 atom stereocenters. The minimum Gasteiger partial charge on any atom is -0.436 e. The quantitative estimate of drug-likeness (QED) is 0.346. The summed E-state index contributed by atoms with van der Waals surface area (Å²) < 4.78 is 25.9. The van der Waals surface area contributed by atoms with E-state index in [0.29, 0.717) is 18.7 Å². The van der Waals surface area contributed by atoms with Crippen molar-refractivity contribution in [1.82, 2.24) is 10.2 Å². The van der Waals surface area contributed by atoms with Gasteiger partial charge in [0.05, 0.1) is 22.8 Å². The van der Waals surface area contributed by atoms with Gasteiger partial charge in [-0.15, -0.1) is 0 Å². The molecule has 224 valence electrons. The maximum atomic E-state index is 15.4. The number of carbonyl (C=O) groups is 4. The van der Waals surface area contributed by atoms with Crippen LogP contribution < -0.4 is 16.0 Å². The number of amides is 4. The molecule has 3 N–H and O–H groups in total. The Bertz CT molecular complexity index is 1540. The van der Waals surface area contributed by atoms with Crippen molar-refractivity contribution in [3.05, 3.63) is 94.3 Å². The smallest absolute Gasteiger partial charge is 0.412 e. The highest BCUT2D eigenvalue weighted by atomic mass is 35.5. The lowest BCUT2D eigenvalue weighted by Gasteiger charge is -2.45. The van der Waals surface area contributed by atoms with Crippen LogP contribution in [0.1, 0.15) is 34.3 Å². The van der Waals surface area contributed by atoms with Crippen LogP contribution in [0.3, 0.4) is 0 Å². The largest absolute Gasteiger partial charge is 0.436 e. The highest BCUT2D eigenvalue weighted by molar-refractivity contribution is 6.31. The monoisotopic (exact) mass is 608 g/mol. The van der Waals surface area contributed by atoms with Crippen LogP contribution in [-0.2, 0) is 31.1 Å². The van der Waals surface area contributed by atoms with Crippen LogP contribution in [0.5, 0.6) is 0 Å². The molecule has 0 aromatic heterocycles. The molecule has 0 aliphatic carbocycles. The van der Waals surface area contributed by atoms with E-state index in [1.165, 1.54) is 36.3 Å².